The van der Waals surface area contributed by atoms with Crippen LogP contribution in [0, 0.1) is 0 Å². The zero-order valence-electron chi connectivity index (χ0n) is 15.5. The molecule has 2 amide bonds. The van der Waals surface area contributed by atoms with Gasteiger partial charge in [0.1, 0.15) is 18.5 Å². The van der Waals surface area contributed by atoms with Crippen LogP contribution in [0.5, 0.6) is 5.75 Å². The van der Waals surface area contributed by atoms with Gasteiger partial charge in [-0.3, -0.25) is 0 Å². The first-order chi connectivity index (χ1) is 14.3. The monoisotopic (exact) mass is 421 g/mol. The highest BCUT2D eigenvalue weighted by Crippen LogP contribution is 2.31. The molecule has 0 fully saturated rings. The third kappa shape index (κ3) is 5.70. The van der Waals surface area contributed by atoms with Crippen molar-refractivity contribution < 1.29 is 27.8 Å². The second-order valence-corrected chi connectivity index (χ2v) is 6.15. The Morgan fingerprint density at radius 1 is 1.20 bits per heavy atom. The normalized spacial score (nSPS) is 12.3. The smallest absolute Gasteiger partial charge is 0.416 e. The molecule has 8 nitrogen and oxygen atoms in total. The number of pyridine rings is 1. The molecule has 30 heavy (non-hydrogen) atoms. The summed E-state index contributed by atoms with van der Waals surface area (Å²) < 4.78 is 44.8. The lowest BCUT2D eigenvalue weighted by molar-refractivity contribution is -0.137. The summed E-state index contributed by atoms with van der Waals surface area (Å²) in [5, 5.41) is 19.1. The van der Waals surface area contributed by atoms with Gasteiger partial charge in [0, 0.05) is 25.1 Å². The molecule has 0 saturated carbocycles. The van der Waals surface area contributed by atoms with Crippen molar-refractivity contribution in [2.75, 3.05) is 18.5 Å². The minimum Gasteiger partial charge on any atom is -0.491 e. The Morgan fingerprint density at radius 2 is 2.03 bits per heavy atom. The van der Waals surface area contributed by atoms with Crippen molar-refractivity contribution in [2.45, 2.75) is 12.3 Å². The van der Waals surface area contributed by atoms with Gasteiger partial charge in [-0.25, -0.2) is 14.5 Å². The number of urea groups is 1. The van der Waals surface area contributed by atoms with Gasteiger partial charge in [0.15, 0.2) is 5.82 Å². The standard InChI is InChI=1S/C19H18F3N5O3/c20-19(21,22)13-4-1-5-15(10-13)30-12-14(28)11-24-18(29)26-16-6-2-7-23-17(16)27-9-3-8-25-27/h1-10,14,28H,11-12H2,(H2,24,26,29). The fourth-order valence-corrected chi connectivity index (χ4v) is 2.46. The van der Waals surface area contributed by atoms with Gasteiger partial charge >= 0.3 is 12.2 Å². The highest BCUT2D eigenvalue weighted by Gasteiger charge is 2.30. The van der Waals surface area contributed by atoms with Crippen molar-refractivity contribution in [3.05, 3.63) is 66.6 Å². The van der Waals surface area contributed by atoms with Gasteiger partial charge in [-0.05, 0) is 36.4 Å². The largest absolute Gasteiger partial charge is 0.491 e. The third-order valence-electron chi connectivity index (χ3n) is 3.86. The Kier molecular flexibility index (Phi) is 6.52. The molecule has 3 aromatic rings. The van der Waals surface area contributed by atoms with Gasteiger partial charge in [0.2, 0.25) is 0 Å². The summed E-state index contributed by atoms with van der Waals surface area (Å²) in [6, 6.07) is 8.70. The topological polar surface area (TPSA) is 101 Å². The third-order valence-corrected chi connectivity index (χ3v) is 3.86. The zero-order chi connectivity index (χ0) is 21.6. The Hall–Kier alpha value is -3.60. The van der Waals surface area contributed by atoms with Crippen molar-refractivity contribution in [3.8, 4) is 11.6 Å². The highest BCUT2D eigenvalue weighted by atomic mass is 19.4. The van der Waals surface area contributed by atoms with Crippen molar-refractivity contribution in [2.24, 2.45) is 0 Å². The van der Waals surface area contributed by atoms with Crippen molar-refractivity contribution in [1.82, 2.24) is 20.1 Å². The van der Waals surface area contributed by atoms with E-state index in [2.05, 4.69) is 20.7 Å². The average Bonchev–Trinajstić information content (AvgIpc) is 3.25. The van der Waals surface area contributed by atoms with Crippen molar-refractivity contribution in [3.63, 3.8) is 0 Å². The molecule has 1 aromatic carbocycles. The molecule has 2 heterocycles. The van der Waals surface area contributed by atoms with Gasteiger partial charge in [0.25, 0.3) is 0 Å². The van der Waals surface area contributed by atoms with Crippen molar-refractivity contribution in [1.29, 1.82) is 0 Å². The van der Waals surface area contributed by atoms with Crippen LogP contribution < -0.4 is 15.4 Å². The maximum atomic E-state index is 12.7. The molecule has 0 spiro atoms. The number of aliphatic hydroxyl groups is 1. The minimum absolute atomic E-state index is 0.0347. The number of ether oxygens (including phenoxy) is 1. The maximum Gasteiger partial charge on any atom is 0.416 e. The molecule has 1 unspecified atom stereocenters. The van der Waals surface area contributed by atoms with Gasteiger partial charge in [0.05, 0.1) is 11.3 Å². The SMILES string of the molecule is O=C(NCC(O)COc1cccc(C(F)(F)F)c1)Nc1cccnc1-n1cccn1. The number of halogens is 3. The fourth-order valence-electron chi connectivity index (χ4n) is 2.46. The van der Waals surface area contributed by atoms with E-state index < -0.39 is 23.9 Å². The van der Waals surface area contributed by atoms with Crippen LogP contribution in [-0.4, -0.2) is 45.2 Å². The first kappa shape index (κ1) is 21.1. The molecule has 0 bridgehead atoms. The first-order valence-corrected chi connectivity index (χ1v) is 8.81. The van der Waals surface area contributed by atoms with E-state index in [4.69, 9.17) is 4.74 Å². The number of hydrogen-bond donors (Lipinski definition) is 3. The number of benzene rings is 1. The van der Waals surface area contributed by atoms with Gasteiger partial charge in [-0.2, -0.15) is 18.3 Å². The Balaban J connectivity index is 1.49. The predicted molar refractivity (Wildman–Crippen MR) is 101 cm³/mol. The first-order valence-electron chi connectivity index (χ1n) is 8.81. The molecule has 3 rings (SSSR count). The van der Waals surface area contributed by atoms with E-state index in [0.717, 1.165) is 12.1 Å². The summed E-state index contributed by atoms with van der Waals surface area (Å²) in [5.41, 5.74) is -0.454. The van der Waals surface area contributed by atoms with Gasteiger partial charge in [-0.15, -0.1) is 0 Å². The van der Waals surface area contributed by atoms with Crippen LogP contribution in [0.25, 0.3) is 5.82 Å². The molecule has 0 aliphatic rings. The molecule has 0 saturated heterocycles. The number of nitrogens with zero attached hydrogens (tertiary/aromatic N) is 3. The van der Waals surface area contributed by atoms with Crippen LogP contribution in [0.2, 0.25) is 0 Å². The molecular formula is C19H18F3N5O3. The molecule has 0 aliphatic heterocycles. The summed E-state index contributed by atoms with van der Waals surface area (Å²) in [4.78, 5) is 16.3. The number of carbonyl (C=O) groups is 1. The van der Waals surface area contributed by atoms with E-state index >= 15 is 0 Å². The van der Waals surface area contributed by atoms with Gasteiger partial charge < -0.3 is 20.5 Å². The number of rotatable bonds is 7. The Labute approximate surface area is 169 Å². The highest BCUT2D eigenvalue weighted by molar-refractivity contribution is 5.90. The van der Waals surface area contributed by atoms with E-state index in [1.807, 2.05) is 0 Å². The second-order valence-electron chi connectivity index (χ2n) is 6.15. The lowest BCUT2D eigenvalue weighted by Crippen LogP contribution is -2.37. The average molecular weight is 421 g/mol. The summed E-state index contributed by atoms with van der Waals surface area (Å²) in [6.07, 6.45) is -0.835. The van der Waals surface area contributed by atoms with Gasteiger partial charge in [-0.1, -0.05) is 6.07 Å². The molecule has 0 radical (unpaired) electrons. The second kappa shape index (κ2) is 9.27. The molecule has 11 heteroatoms. The fraction of sp³-hybridized carbons (Fsp3) is 0.211. The quantitative estimate of drug-likeness (QED) is 0.545. The van der Waals surface area contributed by atoms with Crippen LogP contribution in [0.3, 0.4) is 0 Å². The number of aromatic nitrogens is 3. The van der Waals surface area contributed by atoms with Crippen LogP contribution >= 0.6 is 0 Å². The van der Waals surface area contributed by atoms with Crippen molar-refractivity contribution >= 4 is 11.7 Å². The lowest BCUT2D eigenvalue weighted by atomic mass is 10.2. The number of anilines is 1. The predicted octanol–water partition coefficient (Wildman–Crippen LogP) is 2.85. The van der Waals surface area contributed by atoms with E-state index in [-0.39, 0.29) is 18.9 Å². The number of carbonyl (C=O) groups excluding carboxylic acids is 1. The number of amides is 2. The molecule has 3 N–H and O–H groups in total. The number of hydrogen-bond acceptors (Lipinski definition) is 5. The Morgan fingerprint density at radius 3 is 2.77 bits per heavy atom. The minimum atomic E-state index is -4.49. The number of alkyl halides is 3. The summed E-state index contributed by atoms with van der Waals surface area (Å²) >= 11 is 0. The van der Waals surface area contributed by atoms with E-state index in [1.54, 1.807) is 36.8 Å². The number of nitrogens with one attached hydrogen (secondary N) is 2. The summed E-state index contributed by atoms with van der Waals surface area (Å²) in [5.74, 6) is 0.374. The van der Waals surface area contributed by atoms with E-state index in [1.165, 1.54) is 16.8 Å². The molecular weight excluding hydrogens is 403 g/mol. The molecule has 1 atom stereocenters. The van der Waals surface area contributed by atoms with Crippen LogP contribution in [0.15, 0.2) is 61.1 Å². The summed E-state index contributed by atoms with van der Waals surface area (Å²) in [7, 11) is 0. The molecule has 2 aromatic heterocycles. The zero-order valence-corrected chi connectivity index (χ0v) is 15.5. The van der Waals surface area contributed by atoms with Crippen LogP contribution in [-0.2, 0) is 6.18 Å². The van der Waals surface area contributed by atoms with E-state index in [0.29, 0.717) is 11.5 Å². The molecule has 0 aliphatic carbocycles. The Bertz CT molecular complexity index is 980. The summed E-state index contributed by atoms with van der Waals surface area (Å²) in [6.45, 7) is -0.477. The lowest BCUT2D eigenvalue weighted by Gasteiger charge is -2.15. The number of aliphatic hydroxyl groups excluding tert-OH is 1. The van der Waals surface area contributed by atoms with Crippen LogP contribution in [0.1, 0.15) is 5.56 Å². The van der Waals surface area contributed by atoms with E-state index in [9.17, 15) is 23.1 Å². The maximum absolute atomic E-state index is 12.7. The van der Waals surface area contributed by atoms with Crippen LogP contribution in [0.4, 0.5) is 23.7 Å². The molecule has 158 valence electrons.